The minimum atomic E-state index is -1.20. The quantitative estimate of drug-likeness (QED) is 0.523. The highest BCUT2D eigenvalue weighted by molar-refractivity contribution is 8.02. The number of esters is 1. The van der Waals surface area contributed by atoms with Crippen molar-refractivity contribution in [3.63, 3.8) is 0 Å². The van der Waals surface area contributed by atoms with Crippen LogP contribution in [0.4, 0.5) is 11.5 Å². The largest absolute Gasteiger partial charge is 0.467 e. The molecule has 4 heterocycles. The number of nitrogens with one attached hydrogen (secondary N) is 1. The number of furan rings is 1. The number of hydrogen-bond donors (Lipinski definition) is 1. The van der Waals surface area contributed by atoms with Crippen LogP contribution in [0.15, 0.2) is 52.0 Å². The van der Waals surface area contributed by atoms with Crippen molar-refractivity contribution in [3.8, 4) is 6.07 Å². The van der Waals surface area contributed by atoms with Gasteiger partial charge >= 0.3 is 5.97 Å². The molecule has 5 rings (SSSR count). The predicted molar refractivity (Wildman–Crippen MR) is 128 cm³/mol. The highest BCUT2D eigenvalue weighted by Crippen LogP contribution is 2.56. The van der Waals surface area contributed by atoms with Crippen molar-refractivity contribution < 1.29 is 23.5 Å². The molecule has 0 spiro atoms. The minimum absolute atomic E-state index is 0.149. The molecule has 0 radical (unpaired) electrons. The Morgan fingerprint density at radius 3 is 2.80 bits per heavy atom. The van der Waals surface area contributed by atoms with Gasteiger partial charge in [-0.25, -0.2) is 4.79 Å². The Kier molecular flexibility index (Phi) is 5.65. The SMILES string of the molecule is Cc1c(C#N)c(NC(=O)COC(=O)[C@]23CCC(=O)N2c2ccccc2S3)n(Cc2ccco2)c1C. The lowest BCUT2D eigenvalue weighted by Gasteiger charge is -2.28. The number of aromatic nitrogens is 1. The van der Waals surface area contributed by atoms with Crippen LogP contribution < -0.4 is 10.2 Å². The Morgan fingerprint density at radius 1 is 1.26 bits per heavy atom. The van der Waals surface area contributed by atoms with E-state index in [-0.39, 0.29) is 12.3 Å². The van der Waals surface area contributed by atoms with Gasteiger partial charge in [0.15, 0.2) is 11.5 Å². The molecule has 1 aromatic carbocycles. The second-order valence-corrected chi connectivity index (χ2v) is 9.74. The highest BCUT2D eigenvalue weighted by atomic mass is 32.2. The molecule has 3 aromatic rings. The number of hydrogen-bond acceptors (Lipinski definition) is 7. The molecular weight excluding hydrogens is 468 g/mol. The number of carbonyl (C=O) groups excluding carboxylic acids is 3. The number of thioether (sulfide) groups is 1. The first-order valence-electron chi connectivity index (χ1n) is 11.1. The van der Waals surface area contributed by atoms with Crippen molar-refractivity contribution in [1.29, 1.82) is 5.26 Å². The average molecular weight is 491 g/mol. The van der Waals surface area contributed by atoms with Crippen molar-refractivity contribution >= 4 is 41.1 Å². The molecule has 9 nitrogen and oxygen atoms in total. The van der Waals surface area contributed by atoms with Gasteiger partial charge in [-0.15, -0.1) is 0 Å². The Balaban J connectivity index is 1.32. The summed E-state index contributed by atoms with van der Waals surface area (Å²) < 4.78 is 12.6. The van der Waals surface area contributed by atoms with E-state index >= 15 is 0 Å². The van der Waals surface area contributed by atoms with Crippen LogP contribution in [0, 0.1) is 25.2 Å². The first-order chi connectivity index (χ1) is 16.9. The Morgan fingerprint density at radius 2 is 2.06 bits per heavy atom. The molecule has 178 valence electrons. The topological polar surface area (TPSA) is 118 Å². The molecule has 0 aliphatic carbocycles. The number of amides is 2. The van der Waals surface area contributed by atoms with Crippen LogP contribution in [0.2, 0.25) is 0 Å². The Bertz CT molecular complexity index is 1390. The molecule has 0 saturated carbocycles. The summed E-state index contributed by atoms with van der Waals surface area (Å²) in [5.74, 6) is -0.389. The van der Waals surface area contributed by atoms with E-state index in [9.17, 15) is 19.6 Å². The van der Waals surface area contributed by atoms with Crippen LogP contribution >= 0.6 is 11.8 Å². The van der Waals surface area contributed by atoms with Crippen LogP contribution in [0.25, 0.3) is 0 Å². The van der Waals surface area contributed by atoms with Gasteiger partial charge < -0.3 is 19.0 Å². The maximum absolute atomic E-state index is 13.2. The van der Waals surface area contributed by atoms with Gasteiger partial charge in [-0.3, -0.25) is 14.5 Å². The van der Waals surface area contributed by atoms with Crippen molar-refractivity contribution in [2.75, 3.05) is 16.8 Å². The van der Waals surface area contributed by atoms with E-state index < -0.39 is 23.4 Å². The zero-order chi connectivity index (χ0) is 24.7. The number of carbonyl (C=O) groups is 3. The molecule has 2 amide bonds. The van der Waals surface area contributed by atoms with Gasteiger partial charge in [0.25, 0.3) is 5.91 Å². The van der Waals surface area contributed by atoms with Crippen molar-refractivity contribution in [3.05, 3.63) is 65.2 Å². The maximum Gasteiger partial charge on any atom is 0.344 e. The summed E-state index contributed by atoms with van der Waals surface area (Å²) in [6.07, 6.45) is 2.08. The highest BCUT2D eigenvalue weighted by Gasteiger charge is 2.58. The van der Waals surface area contributed by atoms with Gasteiger partial charge in [-0.05, 0) is 43.7 Å². The molecule has 1 atom stereocenters. The number of para-hydroxylation sites is 1. The fourth-order valence-electron chi connectivity index (χ4n) is 4.57. The fourth-order valence-corrected chi connectivity index (χ4v) is 5.98. The summed E-state index contributed by atoms with van der Waals surface area (Å²) in [6.45, 7) is 3.44. The maximum atomic E-state index is 13.2. The zero-order valence-electron chi connectivity index (χ0n) is 19.2. The summed E-state index contributed by atoms with van der Waals surface area (Å²) >= 11 is 1.28. The monoisotopic (exact) mass is 490 g/mol. The van der Waals surface area contributed by atoms with Crippen LogP contribution in [-0.2, 0) is 25.7 Å². The summed E-state index contributed by atoms with van der Waals surface area (Å²) in [5, 5.41) is 12.4. The predicted octanol–water partition coefficient (Wildman–Crippen LogP) is 3.73. The zero-order valence-corrected chi connectivity index (χ0v) is 20.0. The van der Waals surface area contributed by atoms with Gasteiger partial charge in [-0.1, -0.05) is 23.9 Å². The summed E-state index contributed by atoms with van der Waals surface area (Å²) in [7, 11) is 0. The fraction of sp³-hybridized carbons (Fsp3) is 0.280. The first-order valence-corrected chi connectivity index (χ1v) is 11.9. The van der Waals surface area contributed by atoms with Gasteiger partial charge in [0.05, 0.1) is 24.1 Å². The van der Waals surface area contributed by atoms with Crippen LogP contribution in [0.5, 0.6) is 0 Å². The number of benzene rings is 1. The van der Waals surface area contributed by atoms with Gasteiger partial charge in [0, 0.05) is 23.4 Å². The van der Waals surface area contributed by atoms with E-state index in [1.54, 1.807) is 29.0 Å². The molecule has 0 unspecified atom stereocenters. The number of fused-ring (bicyclic) bond motifs is 3. The third-order valence-electron chi connectivity index (χ3n) is 6.42. The van der Waals surface area contributed by atoms with Crippen LogP contribution in [0.3, 0.4) is 0 Å². The molecule has 1 N–H and O–H groups in total. The van der Waals surface area contributed by atoms with E-state index in [1.807, 2.05) is 32.0 Å². The summed E-state index contributed by atoms with van der Waals surface area (Å²) in [6, 6.07) is 13.0. The van der Waals surface area contributed by atoms with E-state index in [1.165, 1.54) is 16.7 Å². The average Bonchev–Trinajstić information content (AvgIpc) is 3.60. The van der Waals surface area contributed by atoms with Gasteiger partial charge in [0.1, 0.15) is 17.6 Å². The Hall–Kier alpha value is -3.97. The number of ether oxygens (including phenoxy) is 1. The molecule has 2 aliphatic rings. The smallest absolute Gasteiger partial charge is 0.344 e. The van der Waals surface area contributed by atoms with Crippen LogP contribution in [-0.4, -0.2) is 33.8 Å². The van der Waals surface area contributed by atoms with Crippen molar-refractivity contribution in [2.24, 2.45) is 0 Å². The van der Waals surface area contributed by atoms with E-state index in [2.05, 4.69) is 11.4 Å². The van der Waals surface area contributed by atoms with Gasteiger partial charge in [0.2, 0.25) is 5.91 Å². The van der Waals surface area contributed by atoms with E-state index in [0.717, 1.165) is 16.2 Å². The second-order valence-electron chi connectivity index (χ2n) is 8.42. The molecule has 1 fully saturated rings. The third kappa shape index (κ3) is 3.68. The second kappa shape index (κ2) is 8.67. The molecule has 2 aromatic heterocycles. The standard InChI is InChI=1S/C25H22N4O5S/c1-15-16(2)28(13-17-6-5-11-33-17)23(18(15)12-26)27-21(30)14-34-24(32)25-10-9-22(31)29(25)19-7-3-4-8-20(19)35-25/h3-8,11H,9-10,13-14H2,1-2H3,(H,27,30)/t25-/m1/s1. The number of nitriles is 1. The Labute approximate surface area is 205 Å². The van der Waals surface area contributed by atoms with Crippen molar-refractivity contribution in [1.82, 2.24) is 4.57 Å². The molecule has 35 heavy (non-hydrogen) atoms. The van der Waals surface area contributed by atoms with Crippen LogP contribution in [0.1, 0.15) is 35.4 Å². The van der Waals surface area contributed by atoms with Gasteiger partial charge in [-0.2, -0.15) is 5.26 Å². The summed E-state index contributed by atoms with van der Waals surface area (Å²) in [4.78, 5) is 39.7. The molecule has 0 bridgehead atoms. The lowest BCUT2D eigenvalue weighted by molar-refractivity contribution is -0.149. The number of nitrogens with zero attached hydrogens (tertiary/aromatic N) is 3. The molecule has 1 saturated heterocycles. The molecule has 10 heteroatoms. The lowest BCUT2D eigenvalue weighted by atomic mass is 10.2. The number of rotatable bonds is 6. The molecular formula is C25H22N4O5S. The van der Waals surface area contributed by atoms with E-state index in [4.69, 9.17) is 9.15 Å². The first kappa shape index (κ1) is 22.8. The minimum Gasteiger partial charge on any atom is -0.467 e. The normalized spacial score (nSPS) is 18.2. The number of anilines is 2. The van der Waals surface area contributed by atoms with E-state index in [0.29, 0.717) is 35.8 Å². The molecule has 2 aliphatic heterocycles. The summed E-state index contributed by atoms with van der Waals surface area (Å²) in [5.41, 5.74) is 2.57. The lowest BCUT2D eigenvalue weighted by Crippen LogP contribution is -2.48. The van der Waals surface area contributed by atoms with Crippen molar-refractivity contribution in [2.45, 2.75) is 43.0 Å². The third-order valence-corrected chi connectivity index (χ3v) is 7.88.